The second kappa shape index (κ2) is 4.52. The molecule has 0 radical (unpaired) electrons. The molecular formula is C8H11N5O2S. The Morgan fingerprint density at radius 2 is 2.50 bits per heavy atom. The van der Waals surface area contributed by atoms with E-state index in [1.54, 1.807) is 6.92 Å². The number of carbonyl (C=O) groups is 2. The van der Waals surface area contributed by atoms with Crippen LogP contribution in [0.5, 0.6) is 0 Å². The average molecular weight is 241 g/mol. The van der Waals surface area contributed by atoms with E-state index in [1.807, 2.05) is 0 Å². The Labute approximate surface area is 96.0 Å². The molecule has 7 nitrogen and oxygen atoms in total. The number of amides is 2. The van der Waals surface area contributed by atoms with Gasteiger partial charge in [0, 0.05) is 0 Å². The van der Waals surface area contributed by atoms with Crippen molar-refractivity contribution in [2.75, 3.05) is 23.5 Å². The highest BCUT2D eigenvalue weighted by molar-refractivity contribution is 8.00. The van der Waals surface area contributed by atoms with Gasteiger partial charge in [-0.1, -0.05) is 0 Å². The molecule has 2 amide bonds. The molecule has 0 saturated carbocycles. The van der Waals surface area contributed by atoms with Gasteiger partial charge in [0.2, 0.25) is 17.8 Å². The van der Waals surface area contributed by atoms with E-state index >= 15 is 0 Å². The summed E-state index contributed by atoms with van der Waals surface area (Å²) >= 11 is 1.50. The van der Waals surface area contributed by atoms with Gasteiger partial charge in [0.15, 0.2) is 0 Å². The van der Waals surface area contributed by atoms with Crippen LogP contribution < -0.4 is 5.32 Å². The zero-order chi connectivity index (χ0) is 11.5. The molecule has 1 saturated heterocycles. The first-order chi connectivity index (χ1) is 7.65. The number of aromatic amines is 1. The summed E-state index contributed by atoms with van der Waals surface area (Å²) in [5.41, 5.74) is 0. The minimum Gasteiger partial charge on any atom is -0.323 e. The summed E-state index contributed by atoms with van der Waals surface area (Å²) in [6.07, 6.45) is 0. The van der Waals surface area contributed by atoms with Gasteiger partial charge in [-0.25, -0.2) is 0 Å². The zero-order valence-corrected chi connectivity index (χ0v) is 9.50. The summed E-state index contributed by atoms with van der Waals surface area (Å²) in [5.74, 6) is 1.60. The normalized spacial score (nSPS) is 15.6. The fourth-order valence-corrected chi connectivity index (χ4v) is 2.18. The maximum absolute atomic E-state index is 11.5. The van der Waals surface area contributed by atoms with Crippen LogP contribution in [0.3, 0.4) is 0 Å². The summed E-state index contributed by atoms with van der Waals surface area (Å²) in [7, 11) is 0. The first-order valence-corrected chi connectivity index (χ1v) is 5.85. The topological polar surface area (TPSA) is 91.0 Å². The molecule has 2 rings (SSSR count). The molecule has 1 fully saturated rings. The Balaban J connectivity index is 1.86. The van der Waals surface area contributed by atoms with E-state index in [0.717, 1.165) is 0 Å². The van der Waals surface area contributed by atoms with Crippen LogP contribution in [-0.2, 0) is 9.59 Å². The monoisotopic (exact) mass is 241 g/mol. The third-order valence-electron chi connectivity index (χ3n) is 2.01. The molecule has 1 aliphatic rings. The maximum atomic E-state index is 11.5. The standard InChI is InChI=1S/C8H11N5O2S/c1-5-9-8(12-11-5)10-6(14)2-13-4-16-3-7(13)15/h2-4H2,1H3,(H2,9,10,11,12,14). The number of H-pyrrole nitrogens is 1. The van der Waals surface area contributed by atoms with E-state index in [2.05, 4.69) is 20.5 Å². The van der Waals surface area contributed by atoms with Crippen LogP contribution in [0.1, 0.15) is 5.82 Å². The number of nitrogens with one attached hydrogen (secondary N) is 2. The van der Waals surface area contributed by atoms with Crippen molar-refractivity contribution in [3.63, 3.8) is 0 Å². The van der Waals surface area contributed by atoms with Gasteiger partial charge in [-0.05, 0) is 6.92 Å². The van der Waals surface area contributed by atoms with Crippen LogP contribution in [0.4, 0.5) is 5.95 Å². The van der Waals surface area contributed by atoms with Crippen LogP contribution in [0.25, 0.3) is 0 Å². The number of hydrogen-bond donors (Lipinski definition) is 2. The van der Waals surface area contributed by atoms with E-state index in [1.165, 1.54) is 16.7 Å². The summed E-state index contributed by atoms with van der Waals surface area (Å²) in [6.45, 7) is 1.79. The third-order valence-corrected chi connectivity index (χ3v) is 2.95. The van der Waals surface area contributed by atoms with Crippen LogP contribution in [0, 0.1) is 6.92 Å². The van der Waals surface area contributed by atoms with Crippen LogP contribution in [0.15, 0.2) is 0 Å². The molecule has 0 unspecified atom stereocenters. The fraction of sp³-hybridized carbons (Fsp3) is 0.500. The molecule has 1 aliphatic heterocycles. The number of aromatic nitrogens is 3. The third kappa shape index (κ3) is 2.51. The van der Waals surface area contributed by atoms with Gasteiger partial charge in [0.1, 0.15) is 12.4 Å². The number of aryl methyl sites for hydroxylation is 1. The summed E-state index contributed by atoms with van der Waals surface area (Å²) in [4.78, 5) is 28.2. The summed E-state index contributed by atoms with van der Waals surface area (Å²) < 4.78 is 0. The molecule has 16 heavy (non-hydrogen) atoms. The van der Waals surface area contributed by atoms with Crippen molar-refractivity contribution in [2.45, 2.75) is 6.92 Å². The van der Waals surface area contributed by atoms with Crippen molar-refractivity contribution in [3.05, 3.63) is 5.82 Å². The smallest absolute Gasteiger partial charge is 0.248 e. The lowest BCUT2D eigenvalue weighted by molar-refractivity contribution is -0.130. The van der Waals surface area contributed by atoms with Gasteiger partial charge in [0.05, 0.1) is 11.6 Å². The number of rotatable bonds is 3. The Bertz CT molecular complexity index is 418. The van der Waals surface area contributed by atoms with Crippen LogP contribution in [0.2, 0.25) is 0 Å². The molecule has 8 heteroatoms. The quantitative estimate of drug-likeness (QED) is 0.750. The number of anilines is 1. The first-order valence-electron chi connectivity index (χ1n) is 4.69. The Kier molecular flexibility index (Phi) is 3.09. The highest BCUT2D eigenvalue weighted by atomic mass is 32.2. The van der Waals surface area contributed by atoms with Gasteiger partial charge in [-0.3, -0.25) is 20.0 Å². The predicted octanol–water partition coefficient (Wildman–Crippen LogP) is -0.415. The first kappa shape index (κ1) is 10.9. The highest BCUT2D eigenvalue weighted by Gasteiger charge is 2.23. The molecule has 0 bridgehead atoms. The molecule has 2 heterocycles. The van der Waals surface area contributed by atoms with Crippen LogP contribution in [-0.4, -0.2) is 50.1 Å². The Hall–Kier alpha value is -1.57. The summed E-state index contributed by atoms with van der Waals surface area (Å²) in [5, 5.41) is 8.90. The second-order valence-corrected chi connectivity index (χ2v) is 4.32. The predicted molar refractivity (Wildman–Crippen MR) is 58.8 cm³/mol. The lowest BCUT2D eigenvalue weighted by Crippen LogP contribution is -2.34. The van der Waals surface area contributed by atoms with E-state index < -0.39 is 0 Å². The number of thioether (sulfide) groups is 1. The molecule has 2 N–H and O–H groups in total. The molecule has 0 atom stereocenters. The Morgan fingerprint density at radius 3 is 3.06 bits per heavy atom. The largest absolute Gasteiger partial charge is 0.323 e. The van der Waals surface area contributed by atoms with Gasteiger partial charge in [-0.15, -0.1) is 16.9 Å². The van der Waals surface area contributed by atoms with Crippen molar-refractivity contribution in [1.29, 1.82) is 0 Å². The molecule has 0 spiro atoms. The number of hydrogen-bond acceptors (Lipinski definition) is 5. The van der Waals surface area contributed by atoms with E-state index in [4.69, 9.17) is 0 Å². The second-order valence-electron chi connectivity index (χ2n) is 3.36. The minimum absolute atomic E-state index is 0.00804. The summed E-state index contributed by atoms with van der Waals surface area (Å²) in [6, 6.07) is 0. The Morgan fingerprint density at radius 1 is 1.69 bits per heavy atom. The van der Waals surface area contributed by atoms with Crippen LogP contribution >= 0.6 is 11.8 Å². The SMILES string of the molecule is Cc1nc(NC(=O)CN2CSCC2=O)n[nH]1. The molecule has 86 valence electrons. The minimum atomic E-state index is -0.283. The highest BCUT2D eigenvalue weighted by Crippen LogP contribution is 2.14. The molecule has 1 aromatic rings. The maximum Gasteiger partial charge on any atom is 0.248 e. The number of nitrogens with zero attached hydrogens (tertiary/aromatic N) is 3. The molecule has 1 aromatic heterocycles. The molecular weight excluding hydrogens is 230 g/mol. The van der Waals surface area contributed by atoms with Crippen molar-refractivity contribution >= 4 is 29.5 Å². The van der Waals surface area contributed by atoms with Gasteiger partial charge < -0.3 is 4.90 Å². The van der Waals surface area contributed by atoms with Gasteiger partial charge >= 0.3 is 0 Å². The molecule has 0 aliphatic carbocycles. The lowest BCUT2D eigenvalue weighted by Gasteiger charge is -2.12. The van der Waals surface area contributed by atoms with E-state index in [-0.39, 0.29) is 24.3 Å². The fourth-order valence-electron chi connectivity index (χ4n) is 1.28. The zero-order valence-electron chi connectivity index (χ0n) is 8.69. The van der Waals surface area contributed by atoms with Crippen molar-refractivity contribution in [3.8, 4) is 0 Å². The molecule has 0 aromatic carbocycles. The van der Waals surface area contributed by atoms with E-state index in [0.29, 0.717) is 17.5 Å². The van der Waals surface area contributed by atoms with Crippen molar-refractivity contribution < 1.29 is 9.59 Å². The number of carbonyl (C=O) groups excluding carboxylic acids is 2. The lowest BCUT2D eigenvalue weighted by atomic mass is 10.5. The van der Waals surface area contributed by atoms with Gasteiger partial charge in [0.25, 0.3) is 0 Å². The van der Waals surface area contributed by atoms with Crippen molar-refractivity contribution in [2.24, 2.45) is 0 Å². The average Bonchev–Trinajstić information content (AvgIpc) is 2.77. The van der Waals surface area contributed by atoms with Crippen molar-refractivity contribution in [1.82, 2.24) is 20.1 Å². The van der Waals surface area contributed by atoms with Gasteiger partial charge in [-0.2, -0.15) is 4.98 Å². The van der Waals surface area contributed by atoms with E-state index in [9.17, 15) is 9.59 Å².